The van der Waals surface area contributed by atoms with Crippen LogP contribution in [-0.2, 0) is 4.74 Å². The second-order valence-electron chi connectivity index (χ2n) is 6.89. The summed E-state index contributed by atoms with van der Waals surface area (Å²) in [7, 11) is 0. The molecule has 0 spiro atoms. The average molecular weight is 408 g/mol. The van der Waals surface area contributed by atoms with E-state index in [0.29, 0.717) is 22.6 Å². The minimum atomic E-state index is -0.576. The van der Waals surface area contributed by atoms with Gasteiger partial charge in [-0.15, -0.1) is 0 Å². The molecule has 0 bridgehead atoms. The average Bonchev–Trinajstić information content (AvgIpc) is 2.84. The molecule has 0 N–H and O–H groups in total. The molecule has 0 atom stereocenters. The van der Waals surface area contributed by atoms with E-state index < -0.39 is 5.97 Å². The second-order valence-corrected chi connectivity index (χ2v) is 6.89. The van der Waals surface area contributed by atoms with E-state index in [1.54, 1.807) is 36.4 Å². The van der Waals surface area contributed by atoms with E-state index in [1.165, 1.54) is 0 Å². The largest absolute Gasteiger partial charge is 0.457 e. The van der Waals surface area contributed by atoms with Gasteiger partial charge in [-0.25, -0.2) is 4.79 Å². The fourth-order valence-corrected chi connectivity index (χ4v) is 3.09. The standard InChI is InChI=1S/C27H20O4/c28-26(22-16-14-21(15-17-22)20-8-3-1-4-9-20)19-30-27(29)23-10-7-13-25(18-23)31-24-11-5-2-6-12-24/h1-18H,19H2. The van der Waals surface area contributed by atoms with Gasteiger partial charge < -0.3 is 9.47 Å². The first kappa shape index (κ1) is 20.1. The molecule has 0 unspecified atom stereocenters. The van der Waals surface area contributed by atoms with E-state index in [4.69, 9.17) is 9.47 Å². The first-order valence-corrected chi connectivity index (χ1v) is 9.88. The number of Topliss-reactive ketones (excluding diaryl/α,β-unsaturated/α-hetero) is 1. The van der Waals surface area contributed by atoms with Crippen molar-refractivity contribution in [2.45, 2.75) is 0 Å². The lowest BCUT2D eigenvalue weighted by Crippen LogP contribution is -2.14. The highest BCUT2D eigenvalue weighted by molar-refractivity contribution is 5.99. The molecular formula is C27H20O4. The summed E-state index contributed by atoms with van der Waals surface area (Å²) in [4.78, 5) is 24.8. The van der Waals surface area contributed by atoms with Crippen LogP contribution in [0.2, 0.25) is 0 Å². The number of ketones is 1. The van der Waals surface area contributed by atoms with Crippen molar-refractivity contribution in [1.29, 1.82) is 0 Å². The molecule has 0 aliphatic rings. The molecule has 4 heteroatoms. The molecule has 0 aliphatic carbocycles. The molecule has 0 saturated heterocycles. The minimum Gasteiger partial charge on any atom is -0.457 e. The van der Waals surface area contributed by atoms with Gasteiger partial charge in [0.25, 0.3) is 0 Å². The summed E-state index contributed by atoms with van der Waals surface area (Å²) in [6, 6.07) is 33.1. The van der Waals surface area contributed by atoms with Crippen LogP contribution in [0.5, 0.6) is 11.5 Å². The van der Waals surface area contributed by atoms with Crippen LogP contribution in [0.4, 0.5) is 0 Å². The Morgan fingerprint density at radius 3 is 1.90 bits per heavy atom. The summed E-state index contributed by atoms with van der Waals surface area (Å²) >= 11 is 0. The maximum atomic E-state index is 12.4. The molecule has 4 aromatic carbocycles. The van der Waals surface area contributed by atoms with Crippen molar-refractivity contribution in [3.63, 3.8) is 0 Å². The van der Waals surface area contributed by atoms with Crippen molar-refractivity contribution >= 4 is 11.8 Å². The summed E-state index contributed by atoms with van der Waals surface area (Å²) in [5.74, 6) is 0.350. The fourth-order valence-electron chi connectivity index (χ4n) is 3.09. The van der Waals surface area contributed by atoms with Gasteiger partial charge in [0.2, 0.25) is 0 Å². The fraction of sp³-hybridized carbons (Fsp3) is 0.0370. The van der Waals surface area contributed by atoms with E-state index in [-0.39, 0.29) is 12.4 Å². The Morgan fingerprint density at radius 1 is 0.581 bits per heavy atom. The molecular weight excluding hydrogens is 388 g/mol. The van der Waals surface area contributed by atoms with Crippen LogP contribution in [0.15, 0.2) is 109 Å². The monoisotopic (exact) mass is 408 g/mol. The zero-order valence-electron chi connectivity index (χ0n) is 16.7. The number of esters is 1. The molecule has 4 rings (SSSR count). The lowest BCUT2D eigenvalue weighted by Gasteiger charge is -2.08. The first-order chi connectivity index (χ1) is 15.2. The van der Waals surface area contributed by atoms with Crippen molar-refractivity contribution in [2.24, 2.45) is 0 Å². The highest BCUT2D eigenvalue weighted by Gasteiger charge is 2.13. The van der Waals surface area contributed by atoms with Crippen molar-refractivity contribution in [2.75, 3.05) is 6.61 Å². The van der Waals surface area contributed by atoms with Crippen LogP contribution in [0.3, 0.4) is 0 Å². The molecule has 31 heavy (non-hydrogen) atoms. The first-order valence-electron chi connectivity index (χ1n) is 9.88. The van der Waals surface area contributed by atoms with E-state index in [2.05, 4.69) is 0 Å². The molecule has 0 aliphatic heterocycles. The number of rotatable bonds is 7. The summed E-state index contributed by atoms with van der Waals surface area (Å²) < 4.78 is 11.0. The number of carbonyl (C=O) groups excluding carboxylic acids is 2. The number of carbonyl (C=O) groups is 2. The van der Waals surface area contributed by atoms with Gasteiger partial charge in [0.1, 0.15) is 11.5 Å². The van der Waals surface area contributed by atoms with Crippen molar-refractivity contribution in [3.05, 3.63) is 120 Å². The van der Waals surface area contributed by atoms with Crippen LogP contribution in [0.1, 0.15) is 20.7 Å². The van der Waals surface area contributed by atoms with Gasteiger partial charge in [-0.2, -0.15) is 0 Å². The normalized spacial score (nSPS) is 10.3. The molecule has 4 nitrogen and oxygen atoms in total. The van der Waals surface area contributed by atoms with Gasteiger partial charge in [-0.3, -0.25) is 4.79 Å². The van der Waals surface area contributed by atoms with Gasteiger partial charge in [-0.05, 0) is 41.5 Å². The maximum Gasteiger partial charge on any atom is 0.338 e. The predicted molar refractivity (Wildman–Crippen MR) is 119 cm³/mol. The Balaban J connectivity index is 1.36. The molecule has 0 radical (unpaired) electrons. The van der Waals surface area contributed by atoms with Gasteiger partial charge in [0.15, 0.2) is 12.4 Å². The number of ether oxygens (including phenoxy) is 2. The molecule has 152 valence electrons. The smallest absolute Gasteiger partial charge is 0.338 e. The summed E-state index contributed by atoms with van der Waals surface area (Å²) in [6.07, 6.45) is 0. The third-order valence-corrected chi connectivity index (χ3v) is 4.70. The van der Waals surface area contributed by atoms with Crippen LogP contribution >= 0.6 is 0 Å². The Hall–Kier alpha value is -4.18. The van der Waals surface area contributed by atoms with Crippen molar-refractivity contribution < 1.29 is 19.1 Å². The Kier molecular flexibility index (Phi) is 6.19. The van der Waals surface area contributed by atoms with Crippen LogP contribution < -0.4 is 4.74 Å². The lowest BCUT2D eigenvalue weighted by atomic mass is 10.0. The molecule has 0 amide bonds. The van der Waals surface area contributed by atoms with Gasteiger partial charge in [0.05, 0.1) is 5.56 Å². The number of para-hydroxylation sites is 1. The third kappa shape index (κ3) is 5.25. The van der Waals surface area contributed by atoms with Crippen LogP contribution in [0, 0.1) is 0 Å². The van der Waals surface area contributed by atoms with E-state index in [1.807, 2.05) is 72.8 Å². The van der Waals surface area contributed by atoms with Gasteiger partial charge >= 0.3 is 5.97 Å². The highest BCUT2D eigenvalue weighted by atomic mass is 16.5. The van der Waals surface area contributed by atoms with Crippen LogP contribution in [0.25, 0.3) is 11.1 Å². The zero-order chi connectivity index (χ0) is 21.5. The van der Waals surface area contributed by atoms with E-state index in [0.717, 1.165) is 11.1 Å². The second kappa shape index (κ2) is 9.55. The lowest BCUT2D eigenvalue weighted by molar-refractivity contribution is 0.0474. The third-order valence-electron chi connectivity index (χ3n) is 4.70. The number of hydrogen-bond donors (Lipinski definition) is 0. The van der Waals surface area contributed by atoms with Crippen LogP contribution in [-0.4, -0.2) is 18.4 Å². The SMILES string of the molecule is O=C(COC(=O)c1cccc(Oc2ccccc2)c1)c1ccc(-c2ccccc2)cc1. The molecule has 0 aromatic heterocycles. The number of hydrogen-bond acceptors (Lipinski definition) is 4. The van der Waals surface area contributed by atoms with E-state index in [9.17, 15) is 9.59 Å². The van der Waals surface area contributed by atoms with Crippen molar-refractivity contribution in [1.82, 2.24) is 0 Å². The quantitative estimate of drug-likeness (QED) is 0.270. The highest BCUT2D eigenvalue weighted by Crippen LogP contribution is 2.22. The molecule has 0 saturated carbocycles. The topological polar surface area (TPSA) is 52.6 Å². The number of benzene rings is 4. The minimum absolute atomic E-state index is 0.260. The van der Waals surface area contributed by atoms with Gasteiger partial charge in [-0.1, -0.05) is 78.9 Å². The maximum absolute atomic E-state index is 12.4. The summed E-state index contributed by atoms with van der Waals surface area (Å²) in [5.41, 5.74) is 2.91. The Morgan fingerprint density at radius 2 is 1.19 bits per heavy atom. The molecule has 0 fully saturated rings. The van der Waals surface area contributed by atoms with E-state index >= 15 is 0 Å². The Bertz CT molecular complexity index is 1170. The predicted octanol–water partition coefficient (Wildman–Crippen LogP) is 6.19. The Labute approximate surface area is 180 Å². The summed E-state index contributed by atoms with van der Waals surface area (Å²) in [5, 5.41) is 0. The van der Waals surface area contributed by atoms with Crippen molar-refractivity contribution in [3.8, 4) is 22.6 Å². The molecule has 4 aromatic rings. The van der Waals surface area contributed by atoms with Gasteiger partial charge in [0, 0.05) is 5.56 Å². The summed E-state index contributed by atoms with van der Waals surface area (Å²) in [6.45, 7) is -0.326. The zero-order valence-corrected chi connectivity index (χ0v) is 16.7. The molecule has 0 heterocycles.